The third kappa shape index (κ3) is 6.95. The molecule has 8 heteroatoms. The highest BCUT2D eigenvalue weighted by Gasteiger charge is 2.09. The number of aryl methyl sites for hydroxylation is 1. The van der Waals surface area contributed by atoms with E-state index in [-0.39, 0.29) is 17.5 Å². The fourth-order valence-corrected chi connectivity index (χ4v) is 2.74. The van der Waals surface area contributed by atoms with E-state index in [1.807, 2.05) is 0 Å². The van der Waals surface area contributed by atoms with Gasteiger partial charge in [-0.15, -0.1) is 0 Å². The molecule has 2 aromatic carbocycles. The SMILES string of the molecule is O=C(CCCc1nc(-c2ccc(F)cc2)no1)NCCCCOc1ccc(F)cc1. The lowest BCUT2D eigenvalue weighted by molar-refractivity contribution is -0.121. The van der Waals surface area contributed by atoms with E-state index in [0.717, 1.165) is 12.8 Å². The summed E-state index contributed by atoms with van der Waals surface area (Å²) in [6.07, 6.45) is 3.02. The molecule has 0 aliphatic heterocycles. The molecular weight excluding hydrogens is 392 g/mol. The van der Waals surface area contributed by atoms with Crippen LogP contribution in [0.4, 0.5) is 8.78 Å². The van der Waals surface area contributed by atoms with Gasteiger partial charge in [-0.05, 0) is 67.8 Å². The quantitative estimate of drug-likeness (QED) is 0.472. The molecule has 158 valence electrons. The Morgan fingerprint density at radius 3 is 2.40 bits per heavy atom. The second-order valence-electron chi connectivity index (χ2n) is 6.73. The van der Waals surface area contributed by atoms with Crippen molar-refractivity contribution in [3.63, 3.8) is 0 Å². The Bertz CT molecular complexity index is 928. The fraction of sp³-hybridized carbons (Fsp3) is 0.318. The highest BCUT2D eigenvalue weighted by Crippen LogP contribution is 2.17. The van der Waals surface area contributed by atoms with Crippen molar-refractivity contribution in [1.82, 2.24) is 15.5 Å². The molecule has 0 fully saturated rings. The molecule has 1 heterocycles. The van der Waals surface area contributed by atoms with Gasteiger partial charge in [-0.25, -0.2) is 8.78 Å². The maximum Gasteiger partial charge on any atom is 0.226 e. The zero-order chi connectivity index (χ0) is 21.2. The molecule has 0 bridgehead atoms. The van der Waals surface area contributed by atoms with E-state index in [9.17, 15) is 13.6 Å². The Hall–Kier alpha value is -3.29. The highest BCUT2D eigenvalue weighted by molar-refractivity contribution is 5.75. The van der Waals surface area contributed by atoms with Crippen LogP contribution in [0.5, 0.6) is 5.75 Å². The van der Waals surface area contributed by atoms with Crippen LogP contribution in [-0.2, 0) is 11.2 Å². The van der Waals surface area contributed by atoms with Crippen LogP contribution >= 0.6 is 0 Å². The summed E-state index contributed by atoms with van der Waals surface area (Å²) in [5.74, 6) is 0.820. The molecule has 0 radical (unpaired) electrons. The number of nitrogens with zero attached hydrogens (tertiary/aromatic N) is 2. The average molecular weight is 415 g/mol. The van der Waals surface area contributed by atoms with Gasteiger partial charge in [0.25, 0.3) is 0 Å². The summed E-state index contributed by atoms with van der Waals surface area (Å²) < 4.78 is 36.4. The van der Waals surface area contributed by atoms with Crippen molar-refractivity contribution in [2.24, 2.45) is 0 Å². The monoisotopic (exact) mass is 415 g/mol. The lowest BCUT2D eigenvalue weighted by Crippen LogP contribution is -2.24. The molecule has 30 heavy (non-hydrogen) atoms. The molecule has 1 amide bonds. The normalized spacial score (nSPS) is 10.7. The number of carbonyl (C=O) groups excluding carboxylic acids is 1. The summed E-state index contributed by atoms with van der Waals surface area (Å²) in [7, 11) is 0. The van der Waals surface area contributed by atoms with Crippen LogP contribution in [0.15, 0.2) is 53.1 Å². The van der Waals surface area contributed by atoms with Crippen molar-refractivity contribution in [3.8, 4) is 17.1 Å². The number of unbranched alkanes of at least 4 members (excludes halogenated alkanes) is 1. The van der Waals surface area contributed by atoms with E-state index in [2.05, 4.69) is 15.5 Å². The fourth-order valence-electron chi connectivity index (χ4n) is 2.74. The molecule has 1 aromatic heterocycles. The van der Waals surface area contributed by atoms with Gasteiger partial charge >= 0.3 is 0 Å². The first-order chi connectivity index (χ1) is 14.6. The zero-order valence-electron chi connectivity index (χ0n) is 16.4. The molecule has 0 unspecified atom stereocenters. The smallest absolute Gasteiger partial charge is 0.226 e. The summed E-state index contributed by atoms with van der Waals surface area (Å²) in [6, 6.07) is 11.7. The second kappa shape index (κ2) is 11.0. The zero-order valence-corrected chi connectivity index (χ0v) is 16.4. The van der Waals surface area contributed by atoms with Crippen LogP contribution in [0.25, 0.3) is 11.4 Å². The first-order valence-electron chi connectivity index (χ1n) is 9.84. The molecule has 3 aromatic rings. The van der Waals surface area contributed by atoms with Crippen molar-refractivity contribution in [2.45, 2.75) is 32.1 Å². The van der Waals surface area contributed by atoms with Crippen molar-refractivity contribution in [1.29, 1.82) is 0 Å². The van der Waals surface area contributed by atoms with Crippen LogP contribution in [0, 0.1) is 11.6 Å². The third-order valence-electron chi connectivity index (χ3n) is 4.34. The maximum atomic E-state index is 13.0. The predicted octanol–water partition coefficient (Wildman–Crippen LogP) is 4.31. The van der Waals surface area contributed by atoms with Crippen molar-refractivity contribution in [3.05, 3.63) is 66.1 Å². The minimum atomic E-state index is -0.325. The van der Waals surface area contributed by atoms with Crippen molar-refractivity contribution in [2.75, 3.05) is 13.2 Å². The average Bonchev–Trinajstić information content (AvgIpc) is 3.21. The number of amides is 1. The van der Waals surface area contributed by atoms with Gasteiger partial charge < -0.3 is 14.6 Å². The van der Waals surface area contributed by atoms with Gasteiger partial charge in [0, 0.05) is 24.9 Å². The summed E-state index contributed by atoms with van der Waals surface area (Å²) in [5, 5.41) is 6.74. The van der Waals surface area contributed by atoms with Gasteiger partial charge in [-0.3, -0.25) is 4.79 Å². The number of ether oxygens (including phenoxy) is 1. The van der Waals surface area contributed by atoms with Crippen molar-refractivity contribution < 1.29 is 22.8 Å². The van der Waals surface area contributed by atoms with E-state index in [4.69, 9.17) is 9.26 Å². The standard InChI is InChI=1S/C22H23F2N3O3/c23-17-8-6-16(7-9-17)22-26-21(30-27-22)5-3-4-20(28)25-14-1-2-15-29-19-12-10-18(24)11-13-19/h6-13H,1-5,14-15H2,(H,25,28). The summed E-state index contributed by atoms with van der Waals surface area (Å²) in [4.78, 5) is 16.2. The third-order valence-corrected chi connectivity index (χ3v) is 4.34. The Balaban J connectivity index is 1.25. The summed E-state index contributed by atoms with van der Waals surface area (Å²) >= 11 is 0. The first-order valence-corrected chi connectivity index (χ1v) is 9.84. The largest absolute Gasteiger partial charge is 0.494 e. The van der Waals surface area contributed by atoms with Crippen LogP contribution in [0.2, 0.25) is 0 Å². The summed E-state index contributed by atoms with van der Waals surface area (Å²) in [5.41, 5.74) is 0.674. The number of hydrogen-bond donors (Lipinski definition) is 1. The number of benzene rings is 2. The van der Waals surface area contributed by atoms with Crippen molar-refractivity contribution >= 4 is 5.91 Å². The van der Waals surface area contributed by atoms with Crippen LogP contribution in [-0.4, -0.2) is 29.2 Å². The molecule has 0 saturated carbocycles. The van der Waals surface area contributed by atoms with E-state index in [0.29, 0.717) is 55.4 Å². The predicted molar refractivity (Wildman–Crippen MR) is 107 cm³/mol. The van der Waals surface area contributed by atoms with Crippen LogP contribution in [0.1, 0.15) is 31.6 Å². The minimum absolute atomic E-state index is 0.0345. The Morgan fingerprint density at radius 1 is 0.967 bits per heavy atom. The van der Waals surface area contributed by atoms with Gasteiger partial charge in [0.05, 0.1) is 6.61 Å². The number of hydrogen-bond acceptors (Lipinski definition) is 5. The first kappa shape index (κ1) is 21.4. The van der Waals surface area contributed by atoms with E-state index in [1.165, 1.54) is 24.3 Å². The molecule has 0 spiro atoms. The molecule has 0 aliphatic rings. The Labute approximate surface area is 173 Å². The van der Waals surface area contributed by atoms with E-state index < -0.39 is 0 Å². The van der Waals surface area contributed by atoms with Gasteiger partial charge in [-0.2, -0.15) is 4.98 Å². The molecule has 3 rings (SSSR count). The van der Waals surface area contributed by atoms with Gasteiger partial charge in [-0.1, -0.05) is 5.16 Å². The number of aromatic nitrogens is 2. The van der Waals surface area contributed by atoms with Gasteiger partial charge in [0.15, 0.2) is 0 Å². The minimum Gasteiger partial charge on any atom is -0.494 e. The molecule has 0 atom stereocenters. The van der Waals surface area contributed by atoms with Crippen LogP contribution < -0.4 is 10.1 Å². The maximum absolute atomic E-state index is 13.0. The number of halogens is 2. The second-order valence-corrected chi connectivity index (χ2v) is 6.73. The Kier molecular flexibility index (Phi) is 7.88. The summed E-state index contributed by atoms with van der Waals surface area (Å²) in [6.45, 7) is 1.08. The van der Waals surface area contributed by atoms with E-state index in [1.54, 1.807) is 24.3 Å². The molecular formula is C22H23F2N3O3. The molecule has 1 N–H and O–H groups in total. The topological polar surface area (TPSA) is 77.2 Å². The van der Waals surface area contributed by atoms with Crippen LogP contribution in [0.3, 0.4) is 0 Å². The highest BCUT2D eigenvalue weighted by atomic mass is 19.1. The number of nitrogens with one attached hydrogen (secondary N) is 1. The molecule has 0 saturated heterocycles. The van der Waals surface area contributed by atoms with E-state index >= 15 is 0 Å². The lowest BCUT2D eigenvalue weighted by atomic mass is 10.2. The lowest BCUT2D eigenvalue weighted by Gasteiger charge is -2.07. The number of carbonyl (C=O) groups is 1. The van der Waals surface area contributed by atoms with Gasteiger partial charge in [0.1, 0.15) is 17.4 Å². The molecule has 0 aliphatic carbocycles. The number of rotatable bonds is 11. The molecule has 6 nitrogen and oxygen atoms in total. The van der Waals surface area contributed by atoms with Gasteiger partial charge in [0.2, 0.25) is 17.6 Å². The Morgan fingerprint density at radius 2 is 1.67 bits per heavy atom.